The molecule has 2 aromatic heterocycles. The number of rotatable bonds is 1. The van der Waals surface area contributed by atoms with Crippen LogP contribution in [0.5, 0.6) is 0 Å². The minimum atomic E-state index is 0.262. The summed E-state index contributed by atoms with van der Waals surface area (Å²) in [6.07, 6.45) is 3.76. The van der Waals surface area contributed by atoms with Gasteiger partial charge in [0.05, 0.1) is 24.4 Å². The van der Waals surface area contributed by atoms with Crippen molar-refractivity contribution in [2.24, 2.45) is 0 Å². The van der Waals surface area contributed by atoms with E-state index in [1.807, 2.05) is 12.1 Å². The zero-order chi connectivity index (χ0) is 11.0. The fourth-order valence-electron chi connectivity index (χ4n) is 2.14. The monoisotopic (exact) mass is 218 g/mol. The standard InChI is InChI=1S/C12H14N2O2/c1-9-8-14(5-7-15-9)12-10-3-6-16-11(10)2-4-13-12/h2-4,6,9H,5,7-8H2,1H3/t9-/m0/s1. The molecule has 2 aromatic rings. The summed E-state index contributed by atoms with van der Waals surface area (Å²) in [5.74, 6) is 1.00. The Morgan fingerprint density at radius 2 is 2.38 bits per heavy atom. The first-order chi connectivity index (χ1) is 7.84. The first kappa shape index (κ1) is 9.66. The molecule has 0 unspecified atom stereocenters. The Morgan fingerprint density at radius 1 is 1.44 bits per heavy atom. The van der Waals surface area contributed by atoms with Crippen molar-refractivity contribution in [1.29, 1.82) is 0 Å². The largest absolute Gasteiger partial charge is 0.464 e. The molecule has 0 radical (unpaired) electrons. The second-order valence-corrected chi connectivity index (χ2v) is 4.09. The van der Waals surface area contributed by atoms with Gasteiger partial charge in [0, 0.05) is 19.3 Å². The molecule has 3 heterocycles. The third kappa shape index (κ3) is 1.55. The number of fused-ring (bicyclic) bond motifs is 1. The van der Waals surface area contributed by atoms with Gasteiger partial charge in [-0.25, -0.2) is 4.98 Å². The smallest absolute Gasteiger partial charge is 0.139 e. The molecule has 1 atom stereocenters. The fraction of sp³-hybridized carbons (Fsp3) is 0.417. The van der Waals surface area contributed by atoms with Crippen LogP contribution in [0.25, 0.3) is 11.0 Å². The highest BCUT2D eigenvalue weighted by molar-refractivity contribution is 5.88. The van der Waals surface area contributed by atoms with Gasteiger partial charge in [-0.1, -0.05) is 0 Å². The quantitative estimate of drug-likeness (QED) is 0.734. The molecule has 4 heteroatoms. The maximum absolute atomic E-state index is 5.53. The number of hydrogen-bond donors (Lipinski definition) is 0. The van der Waals surface area contributed by atoms with Crippen LogP contribution in [-0.2, 0) is 4.74 Å². The molecule has 0 aromatic carbocycles. The van der Waals surface area contributed by atoms with Crippen LogP contribution in [0.1, 0.15) is 6.92 Å². The van der Waals surface area contributed by atoms with Crippen molar-refractivity contribution in [1.82, 2.24) is 4.98 Å². The summed E-state index contributed by atoms with van der Waals surface area (Å²) in [6.45, 7) is 4.62. The normalized spacial score (nSPS) is 21.6. The van der Waals surface area contributed by atoms with E-state index < -0.39 is 0 Å². The second kappa shape index (κ2) is 3.79. The predicted molar refractivity (Wildman–Crippen MR) is 61.6 cm³/mol. The van der Waals surface area contributed by atoms with E-state index in [-0.39, 0.29) is 6.10 Å². The molecule has 1 aliphatic heterocycles. The molecule has 0 spiro atoms. The van der Waals surface area contributed by atoms with E-state index in [1.165, 1.54) is 0 Å². The van der Waals surface area contributed by atoms with Crippen LogP contribution in [0.15, 0.2) is 29.0 Å². The van der Waals surface area contributed by atoms with Crippen LogP contribution >= 0.6 is 0 Å². The maximum atomic E-state index is 5.53. The highest BCUT2D eigenvalue weighted by Gasteiger charge is 2.20. The highest BCUT2D eigenvalue weighted by atomic mass is 16.5. The molecule has 0 saturated carbocycles. The van der Waals surface area contributed by atoms with Crippen LogP contribution in [0, 0.1) is 0 Å². The molecular formula is C12H14N2O2. The lowest BCUT2D eigenvalue weighted by Crippen LogP contribution is -2.41. The molecule has 84 valence electrons. The van der Waals surface area contributed by atoms with Crippen molar-refractivity contribution >= 4 is 16.8 Å². The summed E-state index contributed by atoms with van der Waals surface area (Å²) in [7, 11) is 0. The van der Waals surface area contributed by atoms with E-state index in [0.717, 1.165) is 36.5 Å². The van der Waals surface area contributed by atoms with Gasteiger partial charge in [0.2, 0.25) is 0 Å². The first-order valence-corrected chi connectivity index (χ1v) is 5.53. The fourth-order valence-corrected chi connectivity index (χ4v) is 2.14. The van der Waals surface area contributed by atoms with Gasteiger partial charge in [0.15, 0.2) is 0 Å². The Morgan fingerprint density at radius 3 is 3.25 bits per heavy atom. The van der Waals surface area contributed by atoms with E-state index in [0.29, 0.717) is 0 Å². The van der Waals surface area contributed by atoms with Crippen molar-refractivity contribution in [2.75, 3.05) is 24.6 Å². The van der Waals surface area contributed by atoms with Crippen LogP contribution in [-0.4, -0.2) is 30.8 Å². The molecule has 1 aliphatic rings. The van der Waals surface area contributed by atoms with E-state index >= 15 is 0 Å². The molecular weight excluding hydrogens is 204 g/mol. The number of pyridine rings is 1. The average Bonchev–Trinajstić information content (AvgIpc) is 2.76. The van der Waals surface area contributed by atoms with Gasteiger partial charge in [0.1, 0.15) is 11.4 Å². The van der Waals surface area contributed by atoms with Crippen LogP contribution in [0.2, 0.25) is 0 Å². The van der Waals surface area contributed by atoms with E-state index in [1.54, 1.807) is 12.5 Å². The Balaban J connectivity index is 2.01. The molecule has 1 saturated heterocycles. The molecule has 16 heavy (non-hydrogen) atoms. The lowest BCUT2D eigenvalue weighted by atomic mass is 10.2. The lowest BCUT2D eigenvalue weighted by molar-refractivity contribution is 0.0530. The molecule has 0 aliphatic carbocycles. The third-order valence-corrected chi connectivity index (χ3v) is 2.90. The zero-order valence-electron chi connectivity index (χ0n) is 9.22. The minimum absolute atomic E-state index is 0.262. The second-order valence-electron chi connectivity index (χ2n) is 4.09. The third-order valence-electron chi connectivity index (χ3n) is 2.90. The zero-order valence-corrected chi connectivity index (χ0v) is 9.22. The average molecular weight is 218 g/mol. The maximum Gasteiger partial charge on any atom is 0.139 e. The molecule has 4 nitrogen and oxygen atoms in total. The number of ether oxygens (including phenoxy) is 1. The lowest BCUT2D eigenvalue weighted by Gasteiger charge is -2.32. The van der Waals surface area contributed by atoms with Crippen molar-refractivity contribution in [3.63, 3.8) is 0 Å². The van der Waals surface area contributed by atoms with Crippen molar-refractivity contribution in [3.05, 3.63) is 24.6 Å². The van der Waals surface area contributed by atoms with Crippen LogP contribution < -0.4 is 4.90 Å². The summed E-state index contributed by atoms with van der Waals surface area (Å²) in [4.78, 5) is 6.70. The van der Waals surface area contributed by atoms with Gasteiger partial charge >= 0.3 is 0 Å². The van der Waals surface area contributed by atoms with Crippen molar-refractivity contribution in [3.8, 4) is 0 Å². The SMILES string of the molecule is C[C@H]1CN(c2nccc3occc23)CCO1. The molecule has 3 rings (SSSR count). The summed E-state index contributed by atoms with van der Waals surface area (Å²) in [5.41, 5.74) is 0.893. The highest BCUT2D eigenvalue weighted by Crippen LogP contribution is 2.26. The predicted octanol–water partition coefficient (Wildman–Crippen LogP) is 2.05. The molecule has 0 bridgehead atoms. The minimum Gasteiger partial charge on any atom is -0.464 e. The molecule has 0 amide bonds. The van der Waals surface area contributed by atoms with Gasteiger partial charge in [0.25, 0.3) is 0 Å². The number of furan rings is 1. The van der Waals surface area contributed by atoms with Gasteiger partial charge < -0.3 is 14.1 Å². The van der Waals surface area contributed by atoms with E-state index in [9.17, 15) is 0 Å². The van der Waals surface area contributed by atoms with Crippen molar-refractivity contribution < 1.29 is 9.15 Å². The van der Waals surface area contributed by atoms with Gasteiger partial charge in [-0.05, 0) is 19.1 Å². The van der Waals surface area contributed by atoms with Crippen LogP contribution in [0.3, 0.4) is 0 Å². The Hall–Kier alpha value is -1.55. The summed E-state index contributed by atoms with van der Waals surface area (Å²) in [5, 5.41) is 1.08. The molecule has 1 fully saturated rings. The number of anilines is 1. The van der Waals surface area contributed by atoms with E-state index in [2.05, 4.69) is 16.8 Å². The Labute approximate surface area is 93.8 Å². The summed E-state index contributed by atoms with van der Waals surface area (Å²) >= 11 is 0. The van der Waals surface area contributed by atoms with Crippen molar-refractivity contribution in [2.45, 2.75) is 13.0 Å². The Kier molecular flexibility index (Phi) is 2.29. The summed E-state index contributed by atoms with van der Waals surface area (Å²) in [6, 6.07) is 3.86. The first-order valence-electron chi connectivity index (χ1n) is 5.53. The summed E-state index contributed by atoms with van der Waals surface area (Å²) < 4.78 is 10.9. The van der Waals surface area contributed by atoms with Gasteiger partial charge in [-0.15, -0.1) is 0 Å². The number of morpholine rings is 1. The van der Waals surface area contributed by atoms with Gasteiger partial charge in [-0.3, -0.25) is 0 Å². The Bertz CT molecular complexity index is 494. The molecule has 0 N–H and O–H groups in total. The van der Waals surface area contributed by atoms with Crippen LogP contribution in [0.4, 0.5) is 5.82 Å². The van der Waals surface area contributed by atoms with E-state index in [4.69, 9.17) is 9.15 Å². The van der Waals surface area contributed by atoms with Gasteiger partial charge in [-0.2, -0.15) is 0 Å². The number of hydrogen-bond acceptors (Lipinski definition) is 4. The number of aromatic nitrogens is 1. The number of nitrogens with zero attached hydrogens (tertiary/aromatic N) is 2. The topological polar surface area (TPSA) is 38.5 Å².